The molecule has 1 aromatic carbocycles. The van der Waals surface area contributed by atoms with Gasteiger partial charge in [-0.05, 0) is 33.0 Å². The third-order valence-corrected chi connectivity index (χ3v) is 5.21. The Morgan fingerprint density at radius 2 is 1.88 bits per heavy atom. The summed E-state index contributed by atoms with van der Waals surface area (Å²) in [5.74, 6) is -2.63. The first-order valence-corrected chi connectivity index (χ1v) is 8.08. The Morgan fingerprint density at radius 1 is 1.25 bits per heavy atom. The highest BCUT2D eigenvalue weighted by molar-refractivity contribution is 5.90. The number of rotatable bonds is 4. The molecule has 0 bridgehead atoms. The standard InChI is InChI=1S/C19H25NO4/c1-6-16(21)23-19(12-13-20(5)18(3,4)14(19)2)24-17(22)15-10-8-7-9-11-15/h6-11,14H,1,12-13H2,2-5H3. The molecule has 0 amide bonds. The maximum Gasteiger partial charge on any atom is 0.341 e. The second kappa shape index (κ2) is 6.77. The van der Waals surface area contributed by atoms with E-state index in [-0.39, 0.29) is 11.5 Å². The number of carbonyl (C=O) groups is 2. The number of carbonyl (C=O) groups excluding carboxylic acids is 2. The molecule has 0 aromatic heterocycles. The topological polar surface area (TPSA) is 55.8 Å². The zero-order valence-corrected chi connectivity index (χ0v) is 14.7. The second-order valence-electron chi connectivity index (χ2n) is 6.74. The molecule has 2 atom stereocenters. The van der Waals surface area contributed by atoms with E-state index in [1.807, 2.05) is 33.9 Å². The van der Waals surface area contributed by atoms with Crippen molar-refractivity contribution in [2.45, 2.75) is 38.5 Å². The van der Waals surface area contributed by atoms with Gasteiger partial charge >= 0.3 is 11.9 Å². The number of piperidine rings is 1. The molecule has 0 radical (unpaired) electrons. The molecule has 130 valence electrons. The Balaban J connectivity index is 2.35. The largest absolute Gasteiger partial charge is 0.419 e. The first kappa shape index (κ1) is 18.2. The predicted octanol–water partition coefficient (Wildman–Crippen LogP) is 3.02. The maximum atomic E-state index is 12.6. The third-order valence-electron chi connectivity index (χ3n) is 5.21. The SMILES string of the molecule is C=CC(=O)OC1(OC(=O)c2ccccc2)CCN(C)C(C)(C)C1C. The van der Waals surface area contributed by atoms with Crippen molar-refractivity contribution in [2.24, 2.45) is 5.92 Å². The van der Waals surface area contributed by atoms with Crippen LogP contribution in [0.4, 0.5) is 0 Å². The van der Waals surface area contributed by atoms with Crippen LogP contribution in [0.1, 0.15) is 37.6 Å². The van der Waals surface area contributed by atoms with Crippen molar-refractivity contribution in [3.05, 3.63) is 48.6 Å². The molecule has 2 unspecified atom stereocenters. The summed E-state index contributed by atoms with van der Waals surface area (Å²) in [6.07, 6.45) is 1.50. The summed E-state index contributed by atoms with van der Waals surface area (Å²) >= 11 is 0. The number of nitrogens with zero attached hydrogens (tertiary/aromatic N) is 1. The summed E-state index contributed by atoms with van der Waals surface area (Å²) < 4.78 is 11.4. The molecule has 1 fully saturated rings. The van der Waals surface area contributed by atoms with E-state index >= 15 is 0 Å². The molecule has 1 aliphatic heterocycles. The normalized spacial score (nSPS) is 26.4. The van der Waals surface area contributed by atoms with Crippen molar-refractivity contribution in [3.63, 3.8) is 0 Å². The summed E-state index contributed by atoms with van der Waals surface area (Å²) in [7, 11) is 2.01. The highest BCUT2D eigenvalue weighted by Gasteiger charge is 2.55. The van der Waals surface area contributed by atoms with Gasteiger partial charge in [-0.3, -0.25) is 0 Å². The van der Waals surface area contributed by atoms with Crippen LogP contribution in [-0.4, -0.2) is 41.8 Å². The number of benzene rings is 1. The van der Waals surface area contributed by atoms with Crippen molar-refractivity contribution < 1.29 is 19.1 Å². The fraction of sp³-hybridized carbons (Fsp3) is 0.474. The molecule has 2 rings (SSSR count). The molecule has 5 nitrogen and oxygen atoms in total. The fourth-order valence-corrected chi connectivity index (χ4v) is 3.00. The minimum Gasteiger partial charge on any atom is -0.419 e. The number of likely N-dealkylation sites (tertiary alicyclic amines) is 1. The van der Waals surface area contributed by atoms with Gasteiger partial charge in [-0.25, -0.2) is 9.59 Å². The summed E-state index contributed by atoms with van der Waals surface area (Å²) in [6, 6.07) is 8.71. The predicted molar refractivity (Wildman–Crippen MR) is 91.4 cm³/mol. The van der Waals surface area contributed by atoms with Crippen LogP contribution in [0.2, 0.25) is 0 Å². The van der Waals surface area contributed by atoms with Gasteiger partial charge in [-0.15, -0.1) is 0 Å². The van der Waals surface area contributed by atoms with Gasteiger partial charge in [-0.1, -0.05) is 31.7 Å². The van der Waals surface area contributed by atoms with Crippen LogP contribution >= 0.6 is 0 Å². The van der Waals surface area contributed by atoms with Crippen LogP contribution in [0, 0.1) is 5.92 Å². The Morgan fingerprint density at radius 3 is 2.46 bits per heavy atom. The third kappa shape index (κ3) is 3.36. The molecule has 0 spiro atoms. The first-order valence-electron chi connectivity index (χ1n) is 8.08. The first-order chi connectivity index (χ1) is 11.2. The maximum absolute atomic E-state index is 12.6. The molecule has 0 N–H and O–H groups in total. The zero-order valence-electron chi connectivity index (χ0n) is 14.7. The van der Waals surface area contributed by atoms with E-state index in [2.05, 4.69) is 11.5 Å². The van der Waals surface area contributed by atoms with Crippen molar-refractivity contribution in [3.8, 4) is 0 Å². The number of hydrogen-bond acceptors (Lipinski definition) is 5. The van der Waals surface area contributed by atoms with Gasteiger partial charge in [0.1, 0.15) is 0 Å². The van der Waals surface area contributed by atoms with E-state index in [0.717, 1.165) is 6.08 Å². The van der Waals surface area contributed by atoms with Crippen molar-refractivity contribution >= 4 is 11.9 Å². The van der Waals surface area contributed by atoms with Crippen LogP contribution in [0.15, 0.2) is 43.0 Å². The summed E-state index contributed by atoms with van der Waals surface area (Å²) in [4.78, 5) is 26.6. The van der Waals surface area contributed by atoms with Crippen molar-refractivity contribution in [1.82, 2.24) is 4.90 Å². The molecule has 0 aliphatic carbocycles. The lowest BCUT2D eigenvalue weighted by molar-refractivity contribution is -0.260. The lowest BCUT2D eigenvalue weighted by Gasteiger charge is -2.53. The van der Waals surface area contributed by atoms with Crippen LogP contribution in [0.5, 0.6) is 0 Å². The minimum absolute atomic E-state index is 0.222. The van der Waals surface area contributed by atoms with Crippen LogP contribution in [0.25, 0.3) is 0 Å². The van der Waals surface area contributed by atoms with Crippen LogP contribution in [0.3, 0.4) is 0 Å². The number of esters is 2. The average Bonchev–Trinajstić information content (AvgIpc) is 2.57. The molecular weight excluding hydrogens is 306 g/mol. The van der Waals surface area contributed by atoms with Crippen molar-refractivity contribution in [2.75, 3.05) is 13.6 Å². The Labute approximate surface area is 143 Å². The minimum atomic E-state index is -1.31. The summed E-state index contributed by atoms with van der Waals surface area (Å²) in [5, 5.41) is 0. The number of hydrogen-bond donors (Lipinski definition) is 0. The van der Waals surface area contributed by atoms with E-state index in [0.29, 0.717) is 18.5 Å². The van der Waals surface area contributed by atoms with Gasteiger partial charge in [0.05, 0.1) is 11.5 Å². The Bertz CT molecular complexity index is 626. The highest BCUT2D eigenvalue weighted by atomic mass is 16.7. The van der Waals surface area contributed by atoms with E-state index in [1.54, 1.807) is 24.3 Å². The lowest BCUT2D eigenvalue weighted by atomic mass is 9.76. The molecule has 1 aliphatic rings. The second-order valence-corrected chi connectivity index (χ2v) is 6.74. The number of ether oxygens (including phenoxy) is 2. The molecule has 1 saturated heterocycles. The van der Waals surface area contributed by atoms with Gasteiger partial charge in [0, 0.05) is 24.6 Å². The summed E-state index contributed by atoms with van der Waals surface area (Å²) in [5.41, 5.74) is 0.117. The van der Waals surface area contributed by atoms with E-state index in [4.69, 9.17) is 9.47 Å². The van der Waals surface area contributed by atoms with Gasteiger partial charge in [-0.2, -0.15) is 0 Å². The monoisotopic (exact) mass is 331 g/mol. The molecule has 1 aromatic rings. The molecule has 0 saturated carbocycles. The quantitative estimate of drug-likeness (QED) is 0.482. The molecule has 1 heterocycles. The van der Waals surface area contributed by atoms with Gasteiger partial charge in [0.2, 0.25) is 0 Å². The molecule has 5 heteroatoms. The smallest absolute Gasteiger partial charge is 0.341 e. The Hall–Kier alpha value is -2.14. The van der Waals surface area contributed by atoms with Crippen LogP contribution in [-0.2, 0) is 14.3 Å². The zero-order chi connectivity index (χ0) is 18.0. The summed E-state index contributed by atoms with van der Waals surface area (Å²) in [6.45, 7) is 10.1. The lowest BCUT2D eigenvalue weighted by Crippen LogP contribution is -2.64. The van der Waals surface area contributed by atoms with E-state index in [9.17, 15) is 9.59 Å². The van der Waals surface area contributed by atoms with E-state index in [1.165, 1.54) is 0 Å². The van der Waals surface area contributed by atoms with Gasteiger partial charge in [0.15, 0.2) is 0 Å². The average molecular weight is 331 g/mol. The van der Waals surface area contributed by atoms with Crippen molar-refractivity contribution in [1.29, 1.82) is 0 Å². The Kier molecular flexibility index (Phi) is 5.13. The van der Waals surface area contributed by atoms with Gasteiger partial charge < -0.3 is 14.4 Å². The fourth-order valence-electron chi connectivity index (χ4n) is 3.00. The highest BCUT2D eigenvalue weighted by Crippen LogP contribution is 2.42. The molecule has 24 heavy (non-hydrogen) atoms. The van der Waals surface area contributed by atoms with Gasteiger partial charge in [0.25, 0.3) is 5.79 Å². The van der Waals surface area contributed by atoms with Crippen LogP contribution < -0.4 is 0 Å². The molecular formula is C19H25NO4. The van der Waals surface area contributed by atoms with E-state index < -0.39 is 17.7 Å².